The molecule has 1 aliphatic carbocycles. The highest BCUT2D eigenvalue weighted by atomic mass is 127. The molecule has 0 atom stereocenters. The number of carbonyl (C=O) groups excluding carboxylic acids is 2. The molecule has 3 rings (SSSR count). The minimum absolute atomic E-state index is 0.0214. The minimum Gasteiger partial charge on any atom is -0.347 e. The molecule has 2 amide bonds. The first-order valence-electron chi connectivity index (χ1n) is 8.44. The van der Waals surface area contributed by atoms with Gasteiger partial charge in [0, 0.05) is 46.3 Å². The molecular formula is C18H16ClF2IN4O2. The molecule has 2 aromatic rings. The number of hydrogen-bond donors (Lipinski definition) is 2. The van der Waals surface area contributed by atoms with E-state index in [1.807, 2.05) is 0 Å². The Bertz CT molecular complexity index is 932. The van der Waals surface area contributed by atoms with Crippen LogP contribution in [0, 0.1) is 12.8 Å². The van der Waals surface area contributed by atoms with Crippen LogP contribution in [-0.2, 0) is 15.3 Å². The molecule has 1 aromatic carbocycles. The maximum atomic E-state index is 13.6. The molecule has 0 aliphatic heterocycles. The van der Waals surface area contributed by atoms with Gasteiger partial charge < -0.3 is 5.32 Å². The lowest BCUT2D eigenvalue weighted by molar-refractivity contribution is -0.117. The Hall–Kier alpha value is -1.88. The average Bonchev–Trinajstić information content (AvgIpc) is 3.44. The Morgan fingerprint density at radius 3 is 2.68 bits per heavy atom. The highest BCUT2D eigenvalue weighted by Gasteiger charge is 2.31. The third-order valence-corrected chi connectivity index (χ3v) is 5.12. The van der Waals surface area contributed by atoms with Crippen LogP contribution in [0.1, 0.15) is 40.2 Å². The summed E-state index contributed by atoms with van der Waals surface area (Å²) in [6, 6.07) is 5.72. The van der Waals surface area contributed by atoms with E-state index in [1.165, 1.54) is 18.2 Å². The fourth-order valence-electron chi connectivity index (χ4n) is 2.50. The molecule has 10 heteroatoms. The van der Waals surface area contributed by atoms with Gasteiger partial charge in [0.25, 0.3) is 5.91 Å². The molecule has 1 heterocycles. The quantitative estimate of drug-likeness (QED) is 0.442. The molecule has 1 aliphatic rings. The third kappa shape index (κ3) is 5.13. The van der Waals surface area contributed by atoms with Gasteiger partial charge in [0.2, 0.25) is 11.9 Å². The van der Waals surface area contributed by atoms with Crippen molar-refractivity contribution in [3.05, 3.63) is 51.8 Å². The Kier molecular flexibility index (Phi) is 6.13. The number of alkyl halides is 3. The van der Waals surface area contributed by atoms with Gasteiger partial charge in [0.1, 0.15) is 5.69 Å². The molecule has 0 spiro atoms. The summed E-state index contributed by atoms with van der Waals surface area (Å²) < 4.78 is 24.0. The Balaban J connectivity index is 1.71. The number of anilines is 1. The smallest absolute Gasteiger partial charge is 0.323 e. The van der Waals surface area contributed by atoms with Crippen molar-refractivity contribution in [1.29, 1.82) is 0 Å². The SMILES string of the molecule is Cc1cc(C(=O)NCc2cccc(C(F)(F)I)c2Cl)nc(NC(=O)C2CC2)n1. The number of amides is 2. The van der Waals surface area contributed by atoms with Gasteiger partial charge in [-0.25, -0.2) is 9.97 Å². The molecule has 0 unspecified atom stereocenters. The summed E-state index contributed by atoms with van der Waals surface area (Å²) in [5, 5.41) is 5.11. The van der Waals surface area contributed by atoms with Crippen molar-refractivity contribution < 1.29 is 18.4 Å². The molecule has 1 aromatic heterocycles. The molecule has 1 fully saturated rings. The number of nitrogens with zero attached hydrogens (tertiary/aromatic N) is 2. The van der Waals surface area contributed by atoms with Crippen LogP contribution in [0.15, 0.2) is 24.3 Å². The van der Waals surface area contributed by atoms with Crippen LogP contribution in [0.3, 0.4) is 0 Å². The lowest BCUT2D eigenvalue weighted by Crippen LogP contribution is -2.25. The first kappa shape index (κ1) is 20.8. The Labute approximate surface area is 178 Å². The first-order chi connectivity index (χ1) is 13.1. The zero-order chi connectivity index (χ0) is 20.5. The van der Waals surface area contributed by atoms with Gasteiger partial charge in [-0.2, -0.15) is 8.78 Å². The van der Waals surface area contributed by atoms with E-state index in [9.17, 15) is 18.4 Å². The monoisotopic (exact) mass is 520 g/mol. The van der Waals surface area contributed by atoms with Crippen molar-refractivity contribution in [3.8, 4) is 0 Å². The van der Waals surface area contributed by atoms with Gasteiger partial charge in [-0.3, -0.25) is 14.9 Å². The van der Waals surface area contributed by atoms with Crippen LogP contribution in [0.25, 0.3) is 0 Å². The lowest BCUT2D eigenvalue weighted by Gasteiger charge is -2.14. The summed E-state index contributed by atoms with van der Waals surface area (Å²) in [6.07, 6.45) is 1.67. The van der Waals surface area contributed by atoms with E-state index in [-0.39, 0.29) is 40.6 Å². The number of benzene rings is 1. The standard InChI is InChI=1S/C18H16ClF2IN4O2/c1-9-7-13(25-17(24-9)26-15(27)10-5-6-10)16(28)23-8-11-3-2-4-12(14(11)19)18(20,21)22/h2-4,7,10H,5-6,8H2,1H3,(H,23,28)(H,24,25,26,27). The van der Waals surface area contributed by atoms with Gasteiger partial charge >= 0.3 is 3.93 Å². The summed E-state index contributed by atoms with van der Waals surface area (Å²) in [7, 11) is 0. The summed E-state index contributed by atoms with van der Waals surface area (Å²) in [5.41, 5.74) is 0.613. The van der Waals surface area contributed by atoms with Crippen molar-refractivity contribution in [2.45, 2.75) is 30.2 Å². The maximum absolute atomic E-state index is 13.6. The fraction of sp³-hybridized carbons (Fsp3) is 0.333. The summed E-state index contributed by atoms with van der Waals surface area (Å²) in [5.74, 6) is -0.658. The van der Waals surface area contributed by atoms with E-state index in [1.54, 1.807) is 13.0 Å². The lowest BCUT2D eigenvalue weighted by atomic mass is 10.1. The van der Waals surface area contributed by atoms with Crippen molar-refractivity contribution in [3.63, 3.8) is 0 Å². The first-order valence-corrected chi connectivity index (χ1v) is 9.90. The van der Waals surface area contributed by atoms with Gasteiger partial charge in [0.05, 0.1) is 5.02 Å². The Morgan fingerprint density at radius 1 is 1.32 bits per heavy atom. The minimum atomic E-state index is -3.12. The summed E-state index contributed by atoms with van der Waals surface area (Å²) in [6.45, 7) is 1.62. The maximum Gasteiger partial charge on any atom is 0.323 e. The molecule has 1 saturated carbocycles. The van der Waals surface area contributed by atoms with Crippen molar-refractivity contribution in [2.75, 3.05) is 5.32 Å². The number of rotatable bonds is 6. The van der Waals surface area contributed by atoms with Crippen LogP contribution in [0.5, 0.6) is 0 Å². The number of halogens is 4. The Morgan fingerprint density at radius 2 is 2.04 bits per heavy atom. The second-order valence-corrected chi connectivity index (χ2v) is 8.17. The summed E-state index contributed by atoms with van der Waals surface area (Å²) in [4.78, 5) is 32.5. The molecule has 0 radical (unpaired) electrons. The van der Waals surface area contributed by atoms with Crippen LogP contribution >= 0.6 is 34.2 Å². The number of nitrogens with one attached hydrogen (secondary N) is 2. The second kappa shape index (κ2) is 8.24. The van der Waals surface area contributed by atoms with Gasteiger partial charge in [-0.1, -0.05) is 29.8 Å². The van der Waals surface area contributed by atoms with E-state index in [2.05, 4.69) is 20.6 Å². The number of carbonyl (C=O) groups is 2. The molecule has 0 bridgehead atoms. The topological polar surface area (TPSA) is 84.0 Å². The fourth-order valence-corrected chi connectivity index (χ4v) is 3.42. The highest BCUT2D eigenvalue weighted by Crippen LogP contribution is 2.40. The zero-order valence-electron chi connectivity index (χ0n) is 14.7. The largest absolute Gasteiger partial charge is 0.347 e. The van der Waals surface area contributed by atoms with Gasteiger partial charge in [-0.15, -0.1) is 0 Å². The molecule has 0 saturated heterocycles. The predicted molar refractivity (Wildman–Crippen MR) is 109 cm³/mol. The summed E-state index contributed by atoms with van der Waals surface area (Å²) >= 11 is 7.06. The molecule has 2 N–H and O–H groups in total. The molecular weight excluding hydrogens is 505 g/mol. The van der Waals surface area contributed by atoms with Crippen LogP contribution < -0.4 is 10.6 Å². The van der Waals surface area contributed by atoms with Gasteiger partial charge in [0.15, 0.2) is 0 Å². The zero-order valence-corrected chi connectivity index (χ0v) is 17.6. The van der Waals surface area contributed by atoms with Crippen molar-refractivity contribution in [1.82, 2.24) is 15.3 Å². The predicted octanol–water partition coefficient (Wildman–Crippen LogP) is 4.20. The molecule has 6 nitrogen and oxygen atoms in total. The number of aromatic nitrogens is 2. The van der Waals surface area contributed by atoms with E-state index in [4.69, 9.17) is 11.6 Å². The molecule has 28 heavy (non-hydrogen) atoms. The van der Waals surface area contributed by atoms with E-state index >= 15 is 0 Å². The van der Waals surface area contributed by atoms with Crippen LogP contribution in [0.4, 0.5) is 14.7 Å². The van der Waals surface area contributed by atoms with E-state index in [0.29, 0.717) is 11.3 Å². The second-order valence-electron chi connectivity index (χ2n) is 6.44. The molecule has 148 valence electrons. The van der Waals surface area contributed by atoms with Crippen LogP contribution in [-0.4, -0.2) is 21.8 Å². The van der Waals surface area contributed by atoms with Crippen molar-refractivity contribution in [2.24, 2.45) is 5.92 Å². The third-order valence-electron chi connectivity index (χ3n) is 4.09. The normalized spacial score (nSPS) is 13.9. The van der Waals surface area contributed by atoms with Crippen LogP contribution in [0.2, 0.25) is 5.02 Å². The van der Waals surface area contributed by atoms with E-state index in [0.717, 1.165) is 35.4 Å². The van der Waals surface area contributed by atoms with Gasteiger partial charge in [-0.05, 0) is 31.4 Å². The number of aryl methyl sites for hydroxylation is 1. The van der Waals surface area contributed by atoms with E-state index < -0.39 is 9.84 Å². The van der Waals surface area contributed by atoms with Crippen molar-refractivity contribution >= 4 is 52.0 Å². The average molecular weight is 521 g/mol. The number of hydrogen-bond acceptors (Lipinski definition) is 4. The highest BCUT2D eigenvalue weighted by molar-refractivity contribution is 14.1.